The van der Waals surface area contributed by atoms with E-state index in [0.717, 1.165) is 16.7 Å². The van der Waals surface area contributed by atoms with Gasteiger partial charge in [0.1, 0.15) is 16.9 Å². The van der Waals surface area contributed by atoms with Gasteiger partial charge in [0.05, 0.1) is 18.3 Å². The first kappa shape index (κ1) is 21.3. The number of fused-ring (bicyclic) bond motifs is 1. The SMILES string of the molecule is Cn1ncc(-c2nc(C(F)(F)F)cs2)c1C(=O)Nc1ccn2nc(N3CC[C@@H](F)C3)nc2c1. The highest BCUT2D eigenvalue weighted by Crippen LogP contribution is 2.34. The Kier molecular flexibility index (Phi) is 5.03. The van der Waals surface area contributed by atoms with Crippen LogP contribution in [0.1, 0.15) is 22.6 Å². The van der Waals surface area contributed by atoms with Crippen molar-refractivity contribution >= 4 is 34.5 Å². The van der Waals surface area contributed by atoms with E-state index in [9.17, 15) is 22.4 Å². The van der Waals surface area contributed by atoms with Crippen LogP contribution in [0.5, 0.6) is 0 Å². The second-order valence-corrected chi connectivity index (χ2v) is 8.34. The Hall–Kier alpha value is -3.55. The van der Waals surface area contributed by atoms with Gasteiger partial charge in [0, 0.05) is 36.9 Å². The number of aryl methyl sites for hydroxylation is 1. The van der Waals surface area contributed by atoms with Crippen LogP contribution in [0.15, 0.2) is 29.9 Å². The van der Waals surface area contributed by atoms with Gasteiger partial charge in [0.25, 0.3) is 5.91 Å². The van der Waals surface area contributed by atoms with Gasteiger partial charge in [0.2, 0.25) is 5.95 Å². The van der Waals surface area contributed by atoms with E-state index in [1.165, 1.54) is 22.4 Å². The average Bonchev–Trinajstić information content (AvgIpc) is 3.52. The first-order chi connectivity index (χ1) is 15.7. The number of rotatable bonds is 4. The van der Waals surface area contributed by atoms with E-state index < -0.39 is 23.9 Å². The Morgan fingerprint density at radius 3 is 2.82 bits per heavy atom. The van der Waals surface area contributed by atoms with Crippen molar-refractivity contribution < 1.29 is 22.4 Å². The number of thiazole rings is 1. The molecule has 0 unspecified atom stereocenters. The summed E-state index contributed by atoms with van der Waals surface area (Å²) in [6, 6.07) is 3.20. The van der Waals surface area contributed by atoms with Gasteiger partial charge in [-0.25, -0.2) is 13.9 Å². The normalized spacial score (nSPS) is 16.6. The molecule has 0 radical (unpaired) electrons. The van der Waals surface area contributed by atoms with Crippen LogP contribution in [0, 0.1) is 0 Å². The summed E-state index contributed by atoms with van der Waals surface area (Å²) in [5, 5.41) is 12.0. The molecule has 0 aliphatic carbocycles. The maximum absolute atomic E-state index is 13.5. The number of amides is 1. The number of carbonyl (C=O) groups excluding carboxylic acids is 1. The summed E-state index contributed by atoms with van der Waals surface area (Å²) in [4.78, 5) is 22.7. The minimum atomic E-state index is -4.58. The molecule has 1 saturated heterocycles. The van der Waals surface area contributed by atoms with E-state index in [2.05, 4.69) is 25.5 Å². The van der Waals surface area contributed by atoms with E-state index in [4.69, 9.17) is 0 Å². The van der Waals surface area contributed by atoms with Crippen molar-refractivity contribution in [1.29, 1.82) is 0 Å². The highest BCUT2D eigenvalue weighted by Gasteiger charge is 2.34. The molecule has 172 valence electrons. The predicted octanol–water partition coefficient (Wildman–Crippen LogP) is 3.41. The van der Waals surface area contributed by atoms with E-state index in [0.29, 0.717) is 30.2 Å². The molecule has 4 aromatic heterocycles. The van der Waals surface area contributed by atoms with Crippen molar-refractivity contribution in [2.45, 2.75) is 18.8 Å². The molecule has 1 N–H and O–H groups in total. The maximum atomic E-state index is 13.5. The number of aromatic nitrogens is 6. The molecular formula is C19H16F4N8OS. The van der Waals surface area contributed by atoms with Gasteiger partial charge in [0.15, 0.2) is 11.3 Å². The van der Waals surface area contributed by atoms with Gasteiger partial charge in [-0.2, -0.15) is 23.3 Å². The first-order valence-electron chi connectivity index (χ1n) is 9.81. The summed E-state index contributed by atoms with van der Waals surface area (Å²) in [7, 11) is 1.51. The fraction of sp³-hybridized carbons (Fsp3) is 0.316. The lowest BCUT2D eigenvalue weighted by atomic mass is 10.2. The first-order valence-corrected chi connectivity index (χ1v) is 10.7. The molecule has 0 bridgehead atoms. The Balaban J connectivity index is 1.40. The number of anilines is 2. The van der Waals surface area contributed by atoms with Gasteiger partial charge in [-0.3, -0.25) is 9.48 Å². The third-order valence-corrected chi connectivity index (χ3v) is 6.05. The van der Waals surface area contributed by atoms with Crippen molar-refractivity contribution in [2.24, 2.45) is 7.05 Å². The van der Waals surface area contributed by atoms with E-state index >= 15 is 0 Å². The molecule has 1 atom stereocenters. The topological polar surface area (TPSA) is 93.2 Å². The monoisotopic (exact) mass is 480 g/mol. The summed E-state index contributed by atoms with van der Waals surface area (Å²) >= 11 is 0.780. The number of hydrogen-bond acceptors (Lipinski definition) is 7. The van der Waals surface area contributed by atoms with Gasteiger partial charge in [-0.15, -0.1) is 16.4 Å². The molecule has 5 rings (SSSR count). The fourth-order valence-electron chi connectivity index (χ4n) is 3.56. The van der Waals surface area contributed by atoms with Crippen LogP contribution in [-0.4, -0.2) is 54.5 Å². The Morgan fingerprint density at radius 1 is 1.30 bits per heavy atom. The number of pyridine rings is 1. The number of hydrogen-bond donors (Lipinski definition) is 1. The van der Waals surface area contributed by atoms with Crippen LogP contribution in [0.25, 0.3) is 16.2 Å². The molecule has 33 heavy (non-hydrogen) atoms. The van der Waals surface area contributed by atoms with Crippen LogP contribution in [0.4, 0.5) is 29.2 Å². The minimum absolute atomic E-state index is 0.0370. The largest absolute Gasteiger partial charge is 0.434 e. The highest BCUT2D eigenvalue weighted by atomic mass is 32.1. The van der Waals surface area contributed by atoms with E-state index in [1.54, 1.807) is 23.2 Å². The predicted molar refractivity (Wildman–Crippen MR) is 112 cm³/mol. The van der Waals surface area contributed by atoms with Crippen LogP contribution in [-0.2, 0) is 13.2 Å². The number of nitrogens with zero attached hydrogens (tertiary/aromatic N) is 7. The molecule has 0 aromatic carbocycles. The van der Waals surface area contributed by atoms with Crippen molar-refractivity contribution in [3.8, 4) is 10.6 Å². The molecule has 5 heterocycles. The third-order valence-electron chi connectivity index (χ3n) is 5.18. The zero-order chi connectivity index (χ0) is 23.3. The van der Waals surface area contributed by atoms with Gasteiger partial charge in [-0.05, 0) is 12.5 Å². The number of halogens is 4. The summed E-state index contributed by atoms with van der Waals surface area (Å²) in [5.74, 6) is -0.172. The Labute approximate surface area is 187 Å². The summed E-state index contributed by atoms with van der Waals surface area (Å²) in [6.07, 6.45) is -2.16. The summed E-state index contributed by atoms with van der Waals surface area (Å²) in [6.45, 7) is 0.758. The molecule has 1 fully saturated rings. The van der Waals surface area contributed by atoms with Crippen molar-refractivity contribution in [2.75, 3.05) is 23.3 Å². The third kappa shape index (κ3) is 4.01. The van der Waals surface area contributed by atoms with Crippen LogP contribution >= 0.6 is 11.3 Å². The molecule has 1 aliphatic heterocycles. The lowest BCUT2D eigenvalue weighted by Gasteiger charge is -2.10. The second-order valence-electron chi connectivity index (χ2n) is 7.48. The van der Waals surface area contributed by atoms with Crippen molar-refractivity contribution in [3.63, 3.8) is 0 Å². The lowest BCUT2D eigenvalue weighted by molar-refractivity contribution is -0.140. The molecule has 9 nitrogen and oxygen atoms in total. The zero-order valence-corrected chi connectivity index (χ0v) is 17.9. The Bertz CT molecular complexity index is 1340. The van der Waals surface area contributed by atoms with Crippen LogP contribution < -0.4 is 10.2 Å². The van der Waals surface area contributed by atoms with E-state index in [1.807, 2.05) is 0 Å². The van der Waals surface area contributed by atoms with Gasteiger partial charge in [-0.1, -0.05) is 0 Å². The second kappa shape index (κ2) is 7.79. The molecule has 4 aromatic rings. The van der Waals surface area contributed by atoms with Crippen molar-refractivity contribution in [1.82, 2.24) is 29.4 Å². The highest BCUT2D eigenvalue weighted by molar-refractivity contribution is 7.13. The molecular weight excluding hydrogens is 464 g/mol. The van der Waals surface area contributed by atoms with Crippen LogP contribution in [0.3, 0.4) is 0 Å². The van der Waals surface area contributed by atoms with E-state index in [-0.39, 0.29) is 22.8 Å². The maximum Gasteiger partial charge on any atom is 0.434 e. The number of alkyl halides is 4. The Morgan fingerprint density at radius 2 is 2.12 bits per heavy atom. The summed E-state index contributed by atoms with van der Waals surface area (Å²) < 4.78 is 55.0. The fourth-order valence-corrected chi connectivity index (χ4v) is 4.40. The number of nitrogens with one attached hydrogen (secondary N) is 1. The summed E-state index contributed by atoms with van der Waals surface area (Å²) in [5.41, 5.74) is 0.0776. The molecule has 1 aliphatic rings. The molecule has 0 saturated carbocycles. The standard InChI is InChI=1S/C19H16F4N8OS/c1-29-15(12(7-24-29)17-26-13(9-33-17)19(21,22)23)16(32)25-11-3-5-31-14(6-11)27-18(28-31)30-4-2-10(20)8-30/h3,5-7,9-10H,2,4,8H2,1H3,(H,25,32)/t10-/m1/s1. The molecule has 14 heteroatoms. The minimum Gasteiger partial charge on any atom is -0.336 e. The lowest BCUT2D eigenvalue weighted by Crippen LogP contribution is -2.21. The smallest absolute Gasteiger partial charge is 0.336 e. The zero-order valence-electron chi connectivity index (χ0n) is 17.0. The van der Waals surface area contributed by atoms with Crippen LogP contribution in [0.2, 0.25) is 0 Å². The van der Waals surface area contributed by atoms with Crippen molar-refractivity contribution in [3.05, 3.63) is 41.3 Å². The molecule has 0 spiro atoms. The van der Waals surface area contributed by atoms with Gasteiger partial charge >= 0.3 is 6.18 Å². The molecule has 1 amide bonds. The quantitative estimate of drug-likeness (QED) is 0.450. The number of carbonyl (C=O) groups is 1. The van der Waals surface area contributed by atoms with Gasteiger partial charge < -0.3 is 10.2 Å². The average molecular weight is 480 g/mol.